The Morgan fingerprint density at radius 1 is 0.786 bits per heavy atom. The van der Waals surface area contributed by atoms with E-state index in [0.717, 1.165) is 6.42 Å². The number of aliphatic hydroxyl groups is 1. The van der Waals surface area contributed by atoms with Gasteiger partial charge in [-0.25, -0.2) is 0 Å². The van der Waals surface area contributed by atoms with E-state index < -0.39 is 0 Å². The van der Waals surface area contributed by atoms with Crippen molar-refractivity contribution < 1.29 is 5.11 Å². The monoisotopic (exact) mass is 198 g/mol. The third kappa shape index (κ3) is 11.7. The van der Waals surface area contributed by atoms with Crippen molar-refractivity contribution in [1.29, 1.82) is 0 Å². The lowest BCUT2D eigenvalue weighted by Crippen LogP contribution is -1.79. The van der Waals surface area contributed by atoms with Crippen LogP contribution in [0.4, 0.5) is 0 Å². The highest BCUT2D eigenvalue weighted by Crippen LogP contribution is 2.08. The van der Waals surface area contributed by atoms with Crippen molar-refractivity contribution in [3.8, 4) is 0 Å². The molecule has 0 aliphatic rings. The molecule has 0 spiro atoms. The molecule has 1 N–H and O–H groups in total. The maximum Gasteiger partial charge on any atom is 0.0465 e. The second kappa shape index (κ2) is 12.7. The Balaban J connectivity index is 2.91. The number of allylic oxidation sites excluding steroid dienone is 1. The Hall–Kier alpha value is -0.300. The van der Waals surface area contributed by atoms with Gasteiger partial charge in [0.25, 0.3) is 0 Å². The van der Waals surface area contributed by atoms with Crippen LogP contribution in [0, 0.1) is 0 Å². The fraction of sp³-hybridized carbons (Fsp3) is 0.846. The summed E-state index contributed by atoms with van der Waals surface area (Å²) in [6.45, 7) is 2.54. The molecule has 0 fully saturated rings. The molecule has 0 aromatic heterocycles. The third-order valence-electron chi connectivity index (χ3n) is 2.44. The van der Waals surface area contributed by atoms with Crippen molar-refractivity contribution in [2.24, 2.45) is 0 Å². The van der Waals surface area contributed by atoms with Crippen molar-refractivity contribution in [1.82, 2.24) is 0 Å². The number of unbranched alkanes of at least 4 members (excludes halogenated alkanes) is 7. The van der Waals surface area contributed by atoms with Crippen LogP contribution in [0.25, 0.3) is 0 Å². The second-order valence-electron chi connectivity index (χ2n) is 3.89. The lowest BCUT2D eigenvalue weighted by Gasteiger charge is -1.98. The summed E-state index contributed by atoms with van der Waals surface area (Å²) in [6.07, 6.45) is 15.9. The van der Waals surface area contributed by atoms with Gasteiger partial charge in [-0.2, -0.15) is 0 Å². The van der Waals surface area contributed by atoms with Gasteiger partial charge in [-0.3, -0.25) is 0 Å². The second-order valence-corrected chi connectivity index (χ2v) is 3.89. The average Bonchev–Trinajstić information content (AvgIpc) is 2.21. The van der Waals surface area contributed by atoms with Gasteiger partial charge in [0.2, 0.25) is 0 Å². The van der Waals surface area contributed by atoms with Crippen LogP contribution < -0.4 is 0 Å². The lowest BCUT2D eigenvalue weighted by molar-refractivity contribution is 0.302. The molecule has 0 unspecified atom stereocenters. The van der Waals surface area contributed by atoms with E-state index in [-0.39, 0.29) is 6.61 Å². The normalized spacial score (nSPS) is 11.3. The van der Waals surface area contributed by atoms with Crippen LogP contribution in [0.3, 0.4) is 0 Å². The summed E-state index contributed by atoms with van der Waals surface area (Å²) in [5.41, 5.74) is 0. The molecule has 1 nitrogen and oxygen atoms in total. The van der Waals surface area contributed by atoms with E-state index >= 15 is 0 Å². The first-order valence-corrected chi connectivity index (χ1v) is 6.17. The Labute approximate surface area is 89.2 Å². The van der Waals surface area contributed by atoms with Gasteiger partial charge >= 0.3 is 0 Å². The molecule has 0 saturated carbocycles. The number of rotatable bonds is 10. The summed E-state index contributed by atoms with van der Waals surface area (Å²) < 4.78 is 0. The highest BCUT2D eigenvalue weighted by Gasteiger charge is 1.88. The van der Waals surface area contributed by atoms with Crippen molar-refractivity contribution >= 4 is 0 Å². The van der Waals surface area contributed by atoms with Crippen LogP contribution in [0.15, 0.2) is 12.2 Å². The molecule has 14 heavy (non-hydrogen) atoms. The van der Waals surface area contributed by atoms with Gasteiger partial charge < -0.3 is 5.11 Å². The zero-order valence-electron chi connectivity index (χ0n) is 9.67. The number of hydrogen-bond donors (Lipinski definition) is 1. The zero-order chi connectivity index (χ0) is 10.5. The van der Waals surface area contributed by atoms with Gasteiger partial charge in [0.15, 0.2) is 0 Å². The van der Waals surface area contributed by atoms with Crippen molar-refractivity contribution in [2.75, 3.05) is 6.61 Å². The van der Waals surface area contributed by atoms with Crippen molar-refractivity contribution in [2.45, 2.75) is 64.7 Å². The van der Waals surface area contributed by atoms with E-state index in [0.29, 0.717) is 0 Å². The molecule has 0 aliphatic heterocycles. The van der Waals surface area contributed by atoms with E-state index in [4.69, 9.17) is 5.11 Å². The highest BCUT2D eigenvalue weighted by molar-refractivity contribution is 4.80. The molecule has 0 aromatic carbocycles. The van der Waals surface area contributed by atoms with Gasteiger partial charge in [-0.1, -0.05) is 57.6 Å². The standard InChI is InChI=1S/C13H26O/c1-2-3-4-5-6-7-8-9-10-11-12-13-14/h10-11,14H,2-9,12-13H2,1H3. The Bertz CT molecular complexity index is 118. The first-order valence-electron chi connectivity index (χ1n) is 6.17. The molecule has 0 aliphatic carbocycles. The minimum absolute atomic E-state index is 0.285. The highest BCUT2D eigenvalue weighted by atomic mass is 16.2. The molecule has 0 rings (SSSR count). The predicted molar refractivity (Wildman–Crippen MR) is 63.5 cm³/mol. The average molecular weight is 198 g/mol. The first-order chi connectivity index (χ1) is 6.91. The van der Waals surface area contributed by atoms with Crippen molar-refractivity contribution in [3.05, 3.63) is 12.2 Å². The largest absolute Gasteiger partial charge is 0.396 e. The minimum atomic E-state index is 0.285. The molecule has 0 bridgehead atoms. The van der Waals surface area contributed by atoms with E-state index in [1.54, 1.807) is 0 Å². The van der Waals surface area contributed by atoms with Gasteiger partial charge in [-0.15, -0.1) is 0 Å². The molecule has 0 aromatic rings. The Morgan fingerprint density at radius 2 is 1.36 bits per heavy atom. The Kier molecular flexibility index (Phi) is 12.4. The molecule has 84 valence electrons. The van der Waals surface area contributed by atoms with Gasteiger partial charge in [-0.05, 0) is 19.3 Å². The summed E-state index contributed by atoms with van der Waals surface area (Å²) in [5, 5.41) is 8.54. The van der Waals surface area contributed by atoms with Gasteiger partial charge in [0.05, 0.1) is 0 Å². The van der Waals surface area contributed by atoms with Crippen LogP contribution in [-0.2, 0) is 0 Å². The number of hydrogen-bond acceptors (Lipinski definition) is 1. The summed E-state index contributed by atoms with van der Waals surface area (Å²) in [4.78, 5) is 0. The minimum Gasteiger partial charge on any atom is -0.396 e. The molecule has 0 saturated heterocycles. The van der Waals surface area contributed by atoms with Gasteiger partial charge in [0.1, 0.15) is 0 Å². The Morgan fingerprint density at radius 3 is 2.00 bits per heavy atom. The van der Waals surface area contributed by atoms with Crippen LogP contribution in [0.1, 0.15) is 64.7 Å². The fourth-order valence-corrected chi connectivity index (χ4v) is 1.53. The van der Waals surface area contributed by atoms with E-state index in [2.05, 4.69) is 19.1 Å². The molecule has 0 radical (unpaired) electrons. The third-order valence-corrected chi connectivity index (χ3v) is 2.44. The van der Waals surface area contributed by atoms with Gasteiger partial charge in [0, 0.05) is 6.61 Å². The summed E-state index contributed by atoms with van der Waals surface area (Å²) in [6, 6.07) is 0. The molecular weight excluding hydrogens is 172 g/mol. The maximum absolute atomic E-state index is 8.54. The molecule has 0 heterocycles. The summed E-state index contributed by atoms with van der Waals surface area (Å²) >= 11 is 0. The van der Waals surface area contributed by atoms with Crippen molar-refractivity contribution in [3.63, 3.8) is 0 Å². The molecule has 0 amide bonds. The predicted octanol–water partition coefficient (Wildman–Crippen LogP) is 4.07. The van der Waals surface area contributed by atoms with Crippen LogP contribution >= 0.6 is 0 Å². The van der Waals surface area contributed by atoms with Crippen LogP contribution in [0.5, 0.6) is 0 Å². The lowest BCUT2D eigenvalue weighted by atomic mass is 10.1. The molecule has 0 atom stereocenters. The van der Waals surface area contributed by atoms with Crippen LogP contribution in [0.2, 0.25) is 0 Å². The van der Waals surface area contributed by atoms with Crippen LogP contribution in [-0.4, -0.2) is 11.7 Å². The van der Waals surface area contributed by atoms with E-state index in [9.17, 15) is 0 Å². The summed E-state index contributed by atoms with van der Waals surface area (Å²) in [7, 11) is 0. The quantitative estimate of drug-likeness (QED) is 0.414. The fourth-order valence-electron chi connectivity index (χ4n) is 1.53. The maximum atomic E-state index is 8.54. The smallest absolute Gasteiger partial charge is 0.0465 e. The number of aliphatic hydroxyl groups excluding tert-OH is 1. The summed E-state index contributed by atoms with van der Waals surface area (Å²) in [5.74, 6) is 0. The molecule has 1 heteroatoms. The zero-order valence-corrected chi connectivity index (χ0v) is 9.67. The van der Waals surface area contributed by atoms with E-state index in [1.165, 1.54) is 51.4 Å². The van der Waals surface area contributed by atoms with E-state index in [1.807, 2.05) is 0 Å². The SMILES string of the molecule is CCCCCCCCCC=CCCO. The molecular formula is C13H26O. The first kappa shape index (κ1) is 13.7. The topological polar surface area (TPSA) is 20.2 Å².